The molecule has 2 N–H and O–H groups in total. The lowest BCUT2D eigenvalue weighted by molar-refractivity contribution is 0.0595. The third-order valence-electron chi connectivity index (χ3n) is 3.28. The number of ether oxygens (including phenoxy) is 2. The van der Waals surface area contributed by atoms with Crippen LogP contribution in [0.5, 0.6) is 0 Å². The van der Waals surface area contributed by atoms with Crippen molar-refractivity contribution < 1.29 is 14.3 Å². The van der Waals surface area contributed by atoms with Crippen molar-refractivity contribution >= 4 is 47.0 Å². The molecule has 2 heterocycles. The van der Waals surface area contributed by atoms with Crippen molar-refractivity contribution in [2.45, 2.75) is 32.4 Å². The van der Waals surface area contributed by atoms with E-state index in [1.54, 1.807) is 0 Å². The van der Waals surface area contributed by atoms with E-state index >= 15 is 0 Å². The van der Waals surface area contributed by atoms with E-state index in [0.717, 1.165) is 10.5 Å². The van der Waals surface area contributed by atoms with Gasteiger partial charge in [-0.25, -0.2) is 14.8 Å². The summed E-state index contributed by atoms with van der Waals surface area (Å²) in [5.41, 5.74) is 6.94. The van der Waals surface area contributed by atoms with Crippen LogP contribution in [0.3, 0.4) is 0 Å². The molecule has 0 saturated carbocycles. The van der Waals surface area contributed by atoms with Crippen LogP contribution in [0.15, 0.2) is 10.7 Å². The van der Waals surface area contributed by atoms with Gasteiger partial charge in [0, 0.05) is 20.9 Å². The Morgan fingerprint density at radius 2 is 2.09 bits per heavy atom. The van der Waals surface area contributed by atoms with Gasteiger partial charge < -0.3 is 19.8 Å². The SMILES string of the molecule is COC(=O)c1nc2c(Br)cn(COCC[Si](C)(C)C)c2nc1N. The molecule has 0 aromatic carbocycles. The molecule has 2 rings (SSSR count). The number of esters is 1. The number of rotatable bonds is 6. The summed E-state index contributed by atoms with van der Waals surface area (Å²) in [6.45, 7) is 7.98. The molecule has 0 aliphatic rings. The molecule has 0 atom stereocenters. The van der Waals surface area contributed by atoms with Crippen molar-refractivity contribution in [3.8, 4) is 0 Å². The van der Waals surface area contributed by atoms with E-state index in [4.69, 9.17) is 10.5 Å². The maximum Gasteiger partial charge on any atom is 0.360 e. The predicted molar refractivity (Wildman–Crippen MR) is 95.1 cm³/mol. The lowest BCUT2D eigenvalue weighted by Crippen LogP contribution is -2.22. The number of nitrogen functional groups attached to an aromatic ring is 1. The maximum atomic E-state index is 11.7. The van der Waals surface area contributed by atoms with E-state index in [-0.39, 0.29) is 11.5 Å². The monoisotopic (exact) mass is 400 g/mol. The number of fused-ring (bicyclic) bond motifs is 1. The zero-order valence-corrected chi connectivity index (χ0v) is 16.3. The van der Waals surface area contributed by atoms with E-state index in [9.17, 15) is 4.79 Å². The van der Waals surface area contributed by atoms with Crippen LogP contribution in [-0.4, -0.2) is 42.3 Å². The number of carbonyl (C=O) groups is 1. The van der Waals surface area contributed by atoms with Gasteiger partial charge in [0.2, 0.25) is 0 Å². The molecule has 0 aliphatic heterocycles. The van der Waals surface area contributed by atoms with Crippen LogP contribution in [0.1, 0.15) is 10.5 Å². The van der Waals surface area contributed by atoms with Gasteiger partial charge in [-0.15, -0.1) is 0 Å². The summed E-state index contributed by atoms with van der Waals surface area (Å²) >= 11 is 3.42. The third kappa shape index (κ3) is 4.30. The first kappa shape index (κ1) is 17.9. The van der Waals surface area contributed by atoms with E-state index in [1.165, 1.54) is 7.11 Å². The molecule has 23 heavy (non-hydrogen) atoms. The number of carbonyl (C=O) groups excluding carboxylic acids is 1. The molecule has 126 valence electrons. The van der Waals surface area contributed by atoms with E-state index in [1.807, 2.05) is 10.8 Å². The molecule has 0 radical (unpaired) electrons. The highest BCUT2D eigenvalue weighted by Crippen LogP contribution is 2.25. The molecule has 9 heteroatoms. The summed E-state index contributed by atoms with van der Waals surface area (Å²) in [4.78, 5) is 20.2. The Bertz CT molecular complexity index is 727. The average molecular weight is 401 g/mol. The van der Waals surface area contributed by atoms with Gasteiger partial charge in [0.15, 0.2) is 17.2 Å². The molecular formula is C14H21BrN4O3Si. The summed E-state index contributed by atoms with van der Waals surface area (Å²) in [7, 11) is 0.158. The highest BCUT2D eigenvalue weighted by Gasteiger charge is 2.19. The first-order valence-corrected chi connectivity index (χ1v) is 11.7. The Morgan fingerprint density at radius 3 is 2.70 bits per heavy atom. The molecule has 7 nitrogen and oxygen atoms in total. The number of hydrogen-bond acceptors (Lipinski definition) is 6. The minimum atomic E-state index is -1.12. The first-order valence-electron chi connectivity index (χ1n) is 7.21. The second-order valence-electron chi connectivity index (χ2n) is 6.42. The normalized spacial score (nSPS) is 11.9. The predicted octanol–water partition coefficient (Wildman–Crippen LogP) is 2.87. The minimum Gasteiger partial charge on any atom is -0.464 e. The molecule has 0 fully saturated rings. The lowest BCUT2D eigenvalue weighted by atomic mass is 10.4. The van der Waals surface area contributed by atoms with Crippen molar-refractivity contribution in [2.24, 2.45) is 0 Å². The Morgan fingerprint density at radius 1 is 1.39 bits per heavy atom. The maximum absolute atomic E-state index is 11.7. The van der Waals surface area contributed by atoms with E-state index in [0.29, 0.717) is 24.5 Å². The Hall–Kier alpha value is -1.45. The lowest BCUT2D eigenvalue weighted by Gasteiger charge is -2.15. The highest BCUT2D eigenvalue weighted by atomic mass is 79.9. The number of halogens is 1. The molecule has 0 bridgehead atoms. The Balaban J connectivity index is 2.22. The van der Waals surface area contributed by atoms with Crippen molar-refractivity contribution in [3.63, 3.8) is 0 Å². The average Bonchev–Trinajstić information content (AvgIpc) is 2.77. The topological polar surface area (TPSA) is 92.3 Å². The number of hydrogen-bond donors (Lipinski definition) is 1. The van der Waals surface area contributed by atoms with Crippen LogP contribution in [0.25, 0.3) is 11.2 Å². The van der Waals surface area contributed by atoms with Gasteiger partial charge in [-0.1, -0.05) is 19.6 Å². The fourth-order valence-corrected chi connectivity index (χ4v) is 3.22. The van der Waals surface area contributed by atoms with Gasteiger partial charge >= 0.3 is 5.97 Å². The van der Waals surface area contributed by atoms with Gasteiger partial charge in [0.25, 0.3) is 0 Å². The molecule has 0 spiro atoms. The van der Waals surface area contributed by atoms with Crippen molar-refractivity contribution in [3.05, 3.63) is 16.4 Å². The quantitative estimate of drug-likeness (QED) is 0.455. The molecular weight excluding hydrogens is 380 g/mol. The van der Waals surface area contributed by atoms with Gasteiger partial charge in [-0.3, -0.25) is 0 Å². The van der Waals surface area contributed by atoms with Crippen LogP contribution in [-0.2, 0) is 16.2 Å². The molecule has 2 aromatic rings. The summed E-state index contributed by atoms with van der Waals surface area (Å²) in [5.74, 6) is -0.568. The largest absolute Gasteiger partial charge is 0.464 e. The summed E-state index contributed by atoms with van der Waals surface area (Å²) < 4.78 is 12.9. The fraction of sp³-hybridized carbons (Fsp3) is 0.500. The highest BCUT2D eigenvalue weighted by molar-refractivity contribution is 9.10. The molecule has 0 amide bonds. The van der Waals surface area contributed by atoms with Gasteiger partial charge in [-0.05, 0) is 22.0 Å². The van der Waals surface area contributed by atoms with Gasteiger partial charge in [0.1, 0.15) is 12.2 Å². The van der Waals surface area contributed by atoms with Crippen molar-refractivity contribution in [2.75, 3.05) is 19.5 Å². The minimum absolute atomic E-state index is 0.0121. The second kappa shape index (κ2) is 6.98. The first-order chi connectivity index (χ1) is 10.7. The van der Waals surface area contributed by atoms with E-state index < -0.39 is 14.0 Å². The van der Waals surface area contributed by atoms with Crippen LogP contribution < -0.4 is 5.73 Å². The number of anilines is 1. The zero-order chi connectivity index (χ0) is 17.2. The van der Waals surface area contributed by atoms with Crippen LogP contribution in [0.2, 0.25) is 25.7 Å². The molecule has 2 aromatic heterocycles. The molecule has 0 aliphatic carbocycles. The standard InChI is InChI=1S/C14H21BrN4O3Si/c1-21-14(20)11-12(16)18-13-10(17-11)9(15)7-19(13)8-22-5-6-23(2,3)4/h7H,5-6,8H2,1-4H3,(H2,16,18). The summed E-state index contributed by atoms with van der Waals surface area (Å²) in [6.07, 6.45) is 1.82. The number of nitrogens with zero attached hydrogens (tertiary/aromatic N) is 3. The second-order valence-corrected chi connectivity index (χ2v) is 12.9. The van der Waals surface area contributed by atoms with Crippen LogP contribution in [0, 0.1) is 0 Å². The summed E-state index contributed by atoms with van der Waals surface area (Å²) in [5, 5.41) is 0. The van der Waals surface area contributed by atoms with Crippen LogP contribution in [0.4, 0.5) is 5.82 Å². The Kier molecular flexibility index (Phi) is 5.43. The summed E-state index contributed by atoms with van der Waals surface area (Å²) in [6, 6.07) is 1.09. The third-order valence-corrected chi connectivity index (χ3v) is 5.56. The van der Waals surface area contributed by atoms with Gasteiger partial charge in [0.05, 0.1) is 11.6 Å². The number of methoxy groups -OCH3 is 1. The van der Waals surface area contributed by atoms with E-state index in [2.05, 4.69) is 50.3 Å². The molecule has 0 saturated heterocycles. The van der Waals surface area contributed by atoms with Crippen molar-refractivity contribution in [1.82, 2.24) is 14.5 Å². The fourth-order valence-electron chi connectivity index (χ4n) is 1.95. The zero-order valence-electron chi connectivity index (χ0n) is 13.7. The Labute approximate surface area is 144 Å². The van der Waals surface area contributed by atoms with Gasteiger partial charge in [-0.2, -0.15) is 0 Å². The number of nitrogens with two attached hydrogens (primary N) is 1. The number of aromatic nitrogens is 3. The molecule has 0 unspecified atom stereocenters. The smallest absolute Gasteiger partial charge is 0.360 e. The van der Waals surface area contributed by atoms with Crippen LogP contribution >= 0.6 is 15.9 Å². The van der Waals surface area contributed by atoms with Crippen molar-refractivity contribution in [1.29, 1.82) is 0 Å².